The Labute approximate surface area is 187 Å². The molecule has 1 atom stereocenters. The molecule has 0 aromatic heterocycles. The summed E-state index contributed by atoms with van der Waals surface area (Å²) in [6.07, 6.45) is 0.662. The summed E-state index contributed by atoms with van der Waals surface area (Å²) in [5.74, 6) is 0.393. The topological polar surface area (TPSA) is 75.7 Å². The first-order chi connectivity index (χ1) is 14.3. The fourth-order valence-corrected chi connectivity index (χ4v) is 5.33. The first kappa shape index (κ1) is 22.9. The maximum atomic E-state index is 12.7. The lowest BCUT2D eigenvalue weighted by Gasteiger charge is -2.31. The molecule has 1 amide bonds. The second-order valence-electron chi connectivity index (χ2n) is 7.27. The van der Waals surface area contributed by atoms with Gasteiger partial charge in [0.25, 0.3) is 5.91 Å². The Morgan fingerprint density at radius 1 is 1.13 bits per heavy atom. The quantitative estimate of drug-likeness (QED) is 0.663. The van der Waals surface area contributed by atoms with Crippen LogP contribution in [0.5, 0.6) is 5.75 Å². The number of nitrogens with zero attached hydrogens (tertiary/aromatic N) is 1. The fraction of sp³-hybridized carbons (Fsp3) is 0.381. The zero-order valence-corrected chi connectivity index (χ0v) is 18.9. The SMILES string of the molecule is CC(Oc1cc(Cl)cc(Cl)c1)C(=O)NCC1CCN(S(=O)(=O)c2ccccc2)CC1. The maximum absolute atomic E-state index is 12.7. The number of piperidine rings is 1. The van der Waals surface area contributed by atoms with Crippen molar-refractivity contribution >= 4 is 39.1 Å². The number of carbonyl (C=O) groups is 1. The number of benzene rings is 2. The van der Waals surface area contributed by atoms with Crippen molar-refractivity contribution in [2.75, 3.05) is 19.6 Å². The average molecular weight is 471 g/mol. The van der Waals surface area contributed by atoms with Gasteiger partial charge in [0.1, 0.15) is 5.75 Å². The van der Waals surface area contributed by atoms with E-state index in [-0.39, 0.29) is 11.8 Å². The van der Waals surface area contributed by atoms with E-state index in [1.807, 2.05) is 0 Å². The fourth-order valence-electron chi connectivity index (χ4n) is 3.34. The van der Waals surface area contributed by atoms with Crippen LogP contribution in [0.1, 0.15) is 19.8 Å². The number of sulfonamides is 1. The summed E-state index contributed by atoms with van der Waals surface area (Å²) >= 11 is 11.9. The van der Waals surface area contributed by atoms with Gasteiger partial charge >= 0.3 is 0 Å². The van der Waals surface area contributed by atoms with Gasteiger partial charge in [-0.05, 0) is 56.0 Å². The largest absolute Gasteiger partial charge is 0.481 e. The molecule has 2 aromatic rings. The van der Waals surface area contributed by atoms with Crippen LogP contribution in [-0.2, 0) is 14.8 Å². The van der Waals surface area contributed by atoms with Gasteiger partial charge in [-0.15, -0.1) is 0 Å². The highest BCUT2D eigenvalue weighted by Gasteiger charge is 2.29. The van der Waals surface area contributed by atoms with Crippen LogP contribution < -0.4 is 10.1 Å². The molecule has 2 aromatic carbocycles. The van der Waals surface area contributed by atoms with Gasteiger partial charge in [-0.3, -0.25) is 4.79 Å². The number of rotatable bonds is 7. The van der Waals surface area contributed by atoms with Crippen molar-refractivity contribution in [1.29, 1.82) is 0 Å². The highest BCUT2D eigenvalue weighted by molar-refractivity contribution is 7.89. The Bertz CT molecular complexity index is 958. The van der Waals surface area contributed by atoms with E-state index >= 15 is 0 Å². The molecule has 1 fully saturated rings. The molecule has 0 bridgehead atoms. The summed E-state index contributed by atoms with van der Waals surface area (Å²) in [6.45, 7) is 3.00. The lowest BCUT2D eigenvalue weighted by atomic mass is 9.98. The summed E-state index contributed by atoms with van der Waals surface area (Å²) in [6, 6.07) is 13.2. The van der Waals surface area contributed by atoms with E-state index in [1.54, 1.807) is 55.5 Å². The average Bonchev–Trinajstić information content (AvgIpc) is 2.72. The van der Waals surface area contributed by atoms with Crippen LogP contribution in [0.2, 0.25) is 10.0 Å². The van der Waals surface area contributed by atoms with Gasteiger partial charge in [-0.25, -0.2) is 8.42 Å². The molecule has 3 rings (SSSR count). The van der Waals surface area contributed by atoms with Crippen molar-refractivity contribution < 1.29 is 17.9 Å². The summed E-state index contributed by atoms with van der Waals surface area (Å²) in [4.78, 5) is 12.7. The second-order valence-corrected chi connectivity index (χ2v) is 10.1. The summed E-state index contributed by atoms with van der Waals surface area (Å²) in [7, 11) is -3.47. The number of ether oxygens (including phenoxy) is 1. The van der Waals surface area contributed by atoms with Crippen molar-refractivity contribution in [1.82, 2.24) is 9.62 Å². The van der Waals surface area contributed by atoms with Crippen molar-refractivity contribution in [2.24, 2.45) is 5.92 Å². The molecule has 6 nitrogen and oxygen atoms in total. The van der Waals surface area contributed by atoms with Crippen LogP contribution in [0.15, 0.2) is 53.4 Å². The van der Waals surface area contributed by atoms with Crippen LogP contribution in [0.25, 0.3) is 0 Å². The molecule has 0 aliphatic carbocycles. The van der Waals surface area contributed by atoms with Gasteiger partial charge in [-0.1, -0.05) is 41.4 Å². The summed E-state index contributed by atoms with van der Waals surface area (Å²) in [5, 5.41) is 3.75. The maximum Gasteiger partial charge on any atom is 0.260 e. The molecule has 30 heavy (non-hydrogen) atoms. The Morgan fingerprint density at radius 2 is 1.73 bits per heavy atom. The van der Waals surface area contributed by atoms with Gasteiger partial charge in [0.05, 0.1) is 4.90 Å². The van der Waals surface area contributed by atoms with E-state index in [4.69, 9.17) is 27.9 Å². The molecule has 0 spiro atoms. The summed E-state index contributed by atoms with van der Waals surface area (Å²) < 4.78 is 32.5. The Morgan fingerprint density at radius 3 is 2.33 bits per heavy atom. The van der Waals surface area contributed by atoms with Crippen molar-refractivity contribution in [3.05, 3.63) is 58.6 Å². The van der Waals surface area contributed by atoms with Gasteiger partial charge < -0.3 is 10.1 Å². The highest BCUT2D eigenvalue weighted by Crippen LogP contribution is 2.25. The molecular weight excluding hydrogens is 447 g/mol. The third kappa shape index (κ3) is 5.88. The van der Waals surface area contributed by atoms with E-state index < -0.39 is 16.1 Å². The smallest absolute Gasteiger partial charge is 0.260 e. The molecule has 1 heterocycles. The number of nitrogens with one attached hydrogen (secondary N) is 1. The predicted molar refractivity (Wildman–Crippen MR) is 117 cm³/mol. The van der Waals surface area contributed by atoms with E-state index in [0.717, 1.165) is 0 Å². The molecule has 162 valence electrons. The molecule has 1 saturated heterocycles. The number of hydrogen-bond donors (Lipinski definition) is 1. The van der Waals surface area contributed by atoms with Crippen molar-refractivity contribution in [2.45, 2.75) is 30.8 Å². The molecule has 0 saturated carbocycles. The van der Waals surface area contributed by atoms with E-state index in [0.29, 0.717) is 53.2 Å². The molecule has 1 N–H and O–H groups in total. The van der Waals surface area contributed by atoms with Gasteiger partial charge in [0, 0.05) is 29.7 Å². The van der Waals surface area contributed by atoms with Crippen LogP contribution in [0.3, 0.4) is 0 Å². The monoisotopic (exact) mass is 470 g/mol. The van der Waals surface area contributed by atoms with Gasteiger partial charge in [0.2, 0.25) is 10.0 Å². The van der Waals surface area contributed by atoms with E-state index in [1.165, 1.54) is 4.31 Å². The minimum atomic E-state index is -3.47. The zero-order chi connectivity index (χ0) is 21.7. The lowest BCUT2D eigenvalue weighted by molar-refractivity contribution is -0.127. The number of amides is 1. The van der Waals surface area contributed by atoms with Crippen LogP contribution in [-0.4, -0.2) is 44.4 Å². The molecule has 9 heteroatoms. The van der Waals surface area contributed by atoms with Gasteiger partial charge in [0.15, 0.2) is 6.10 Å². The molecule has 1 unspecified atom stereocenters. The third-order valence-electron chi connectivity index (χ3n) is 5.04. The zero-order valence-electron chi connectivity index (χ0n) is 16.6. The van der Waals surface area contributed by atoms with Crippen LogP contribution >= 0.6 is 23.2 Å². The Hall–Kier alpha value is -1.80. The molecular formula is C21H24Cl2N2O4S. The van der Waals surface area contributed by atoms with Crippen LogP contribution in [0.4, 0.5) is 0 Å². The number of hydrogen-bond acceptors (Lipinski definition) is 4. The van der Waals surface area contributed by atoms with Gasteiger partial charge in [-0.2, -0.15) is 4.31 Å². The second kappa shape index (κ2) is 10.0. The first-order valence-corrected chi connectivity index (χ1v) is 11.9. The predicted octanol–water partition coefficient (Wildman–Crippen LogP) is 3.98. The minimum Gasteiger partial charge on any atom is -0.481 e. The molecule has 1 aliphatic rings. The van der Waals surface area contributed by atoms with E-state index in [2.05, 4.69) is 5.32 Å². The summed E-state index contributed by atoms with van der Waals surface area (Å²) in [5.41, 5.74) is 0. The Balaban J connectivity index is 1.46. The number of halogens is 2. The first-order valence-electron chi connectivity index (χ1n) is 9.71. The molecule has 0 radical (unpaired) electrons. The Kier molecular flexibility index (Phi) is 7.63. The third-order valence-corrected chi connectivity index (χ3v) is 7.39. The number of carbonyl (C=O) groups excluding carboxylic acids is 1. The standard InChI is InChI=1S/C21H24Cl2N2O4S/c1-15(29-19-12-17(22)11-18(23)13-19)21(26)24-14-16-7-9-25(10-8-16)30(27,28)20-5-3-2-4-6-20/h2-6,11-13,15-16H,7-10,14H2,1H3,(H,24,26). The van der Waals surface area contributed by atoms with E-state index in [9.17, 15) is 13.2 Å². The minimum absolute atomic E-state index is 0.212. The lowest BCUT2D eigenvalue weighted by Crippen LogP contribution is -2.43. The van der Waals surface area contributed by atoms with Crippen molar-refractivity contribution in [3.63, 3.8) is 0 Å². The highest BCUT2D eigenvalue weighted by atomic mass is 35.5. The van der Waals surface area contributed by atoms with Crippen molar-refractivity contribution in [3.8, 4) is 5.75 Å². The van der Waals surface area contributed by atoms with Crippen LogP contribution in [0, 0.1) is 5.92 Å². The molecule has 1 aliphatic heterocycles. The normalized spacial score (nSPS) is 16.8.